The van der Waals surface area contributed by atoms with Crippen molar-refractivity contribution in [2.24, 2.45) is 0 Å². The average Bonchev–Trinajstić information content (AvgIpc) is 3.29. The van der Waals surface area contributed by atoms with E-state index in [9.17, 15) is 9.18 Å². The van der Waals surface area contributed by atoms with Crippen LogP contribution in [-0.4, -0.2) is 68.0 Å². The summed E-state index contributed by atoms with van der Waals surface area (Å²) in [6, 6.07) is 1.78. The second-order valence-corrected chi connectivity index (χ2v) is 6.44. The van der Waals surface area contributed by atoms with Gasteiger partial charge in [0, 0.05) is 58.5 Å². The molecule has 1 saturated heterocycles. The Labute approximate surface area is 145 Å². The quantitative estimate of drug-likeness (QED) is 0.742. The predicted molar refractivity (Wildman–Crippen MR) is 87.2 cm³/mol. The molecule has 1 fully saturated rings. The van der Waals surface area contributed by atoms with Crippen LogP contribution in [0.1, 0.15) is 24.6 Å². The van der Waals surface area contributed by atoms with Gasteiger partial charge in [0.2, 0.25) is 11.8 Å². The van der Waals surface area contributed by atoms with E-state index in [2.05, 4.69) is 15.2 Å². The molecule has 2 aromatic rings. The number of alkyl halides is 1. The Hall–Kier alpha value is -2.29. The lowest BCUT2D eigenvalue weighted by Crippen LogP contribution is -2.41. The Morgan fingerprint density at radius 3 is 3.04 bits per heavy atom. The molecule has 0 aromatic carbocycles. The Morgan fingerprint density at radius 1 is 1.52 bits per heavy atom. The number of likely N-dealkylation sites (N-methyl/N-ethyl adjacent to an activating group) is 1. The van der Waals surface area contributed by atoms with Crippen molar-refractivity contribution < 1.29 is 13.7 Å². The molecule has 1 amide bonds. The minimum Gasteiger partial charge on any atom is -0.344 e. The van der Waals surface area contributed by atoms with Gasteiger partial charge in [-0.3, -0.25) is 14.4 Å². The minimum absolute atomic E-state index is 0.0214. The summed E-state index contributed by atoms with van der Waals surface area (Å²) in [5, 5.41) is 7.96. The molecule has 0 N–H and O–H groups in total. The number of hydrogen-bond acceptors (Lipinski definition) is 6. The van der Waals surface area contributed by atoms with E-state index in [1.54, 1.807) is 29.7 Å². The molecule has 25 heavy (non-hydrogen) atoms. The molecule has 0 aliphatic carbocycles. The Balaban J connectivity index is 1.52. The number of carbonyl (C=O) groups is 1. The third-order valence-electron chi connectivity index (χ3n) is 4.42. The van der Waals surface area contributed by atoms with Gasteiger partial charge >= 0.3 is 0 Å². The van der Waals surface area contributed by atoms with Crippen LogP contribution in [0.15, 0.2) is 23.0 Å². The highest BCUT2D eigenvalue weighted by Crippen LogP contribution is 2.23. The lowest BCUT2D eigenvalue weighted by molar-refractivity contribution is -0.130. The molecular formula is C16H23FN6O2. The first kappa shape index (κ1) is 17.5. The van der Waals surface area contributed by atoms with Crippen LogP contribution in [0.4, 0.5) is 4.39 Å². The van der Waals surface area contributed by atoms with Crippen LogP contribution in [0.2, 0.25) is 0 Å². The van der Waals surface area contributed by atoms with Crippen molar-refractivity contribution in [1.29, 1.82) is 0 Å². The summed E-state index contributed by atoms with van der Waals surface area (Å²) >= 11 is 0. The summed E-state index contributed by atoms with van der Waals surface area (Å²) in [7, 11) is 1.76. The largest absolute Gasteiger partial charge is 0.344 e. The van der Waals surface area contributed by atoms with E-state index in [0.29, 0.717) is 50.7 Å². The van der Waals surface area contributed by atoms with Crippen LogP contribution in [0, 0.1) is 6.92 Å². The van der Waals surface area contributed by atoms with Crippen LogP contribution < -0.4 is 0 Å². The lowest BCUT2D eigenvalue weighted by atomic mass is 10.2. The number of aromatic nitrogens is 4. The van der Waals surface area contributed by atoms with Gasteiger partial charge in [0.25, 0.3) is 0 Å². The number of nitrogens with zero attached hydrogens (tertiary/aromatic N) is 6. The van der Waals surface area contributed by atoms with Crippen LogP contribution in [0.5, 0.6) is 0 Å². The first-order valence-corrected chi connectivity index (χ1v) is 8.40. The van der Waals surface area contributed by atoms with E-state index in [0.717, 1.165) is 0 Å². The van der Waals surface area contributed by atoms with Crippen LogP contribution in [0.25, 0.3) is 0 Å². The van der Waals surface area contributed by atoms with Crippen LogP contribution in [0.3, 0.4) is 0 Å². The third-order valence-corrected chi connectivity index (χ3v) is 4.42. The number of hydrogen-bond donors (Lipinski definition) is 0. The van der Waals surface area contributed by atoms with Gasteiger partial charge in [-0.25, -0.2) is 4.39 Å². The van der Waals surface area contributed by atoms with E-state index in [4.69, 9.17) is 4.52 Å². The van der Waals surface area contributed by atoms with Gasteiger partial charge in [-0.2, -0.15) is 10.1 Å². The summed E-state index contributed by atoms with van der Waals surface area (Å²) in [5.41, 5.74) is 0. The molecule has 0 saturated carbocycles. The van der Waals surface area contributed by atoms with Gasteiger partial charge < -0.3 is 9.42 Å². The molecule has 136 valence electrons. The molecule has 0 bridgehead atoms. The molecule has 1 aliphatic rings. The summed E-state index contributed by atoms with van der Waals surface area (Å²) in [6.45, 7) is 3.50. The van der Waals surface area contributed by atoms with Crippen molar-refractivity contribution in [3.63, 3.8) is 0 Å². The van der Waals surface area contributed by atoms with Gasteiger partial charge in [0.15, 0.2) is 5.82 Å². The number of aryl methyl sites for hydroxylation is 2. The maximum Gasteiger partial charge on any atom is 0.224 e. The SMILES string of the molecule is Cc1nc(CN2C[C@@H](F)C[C@H]2CN(C)C(=O)CCn2cccn2)no1. The standard InChI is InChI=1S/C16H23FN6O2/c1-12-19-15(20-25-12)11-22-9-13(17)8-14(22)10-21(2)16(24)4-7-23-6-3-5-18-23/h3,5-6,13-14H,4,7-11H2,1-2H3/t13-,14-/m0/s1. The topological polar surface area (TPSA) is 80.3 Å². The molecule has 1 aliphatic heterocycles. The Morgan fingerprint density at radius 2 is 2.36 bits per heavy atom. The number of likely N-dealkylation sites (tertiary alicyclic amines) is 1. The molecule has 8 nitrogen and oxygen atoms in total. The summed E-state index contributed by atoms with van der Waals surface area (Å²) < 4.78 is 20.6. The smallest absolute Gasteiger partial charge is 0.224 e. The third kappa shape index (κ3) is 4.62. The fourth-order valence-corrected chi connectivity index (χ4v) is 3.14. The van der Waals surface area contributed by atoms with Gasteiger partial charge in [-0.1, -0.05) is 5.16 Å². The number of amides is 1. The normalized spacial score (nSPS) is 20.9. The van der Waals surface area contributed by atoms with Gasteiger partial charge in [0.1, 0.15) is 6.17 Å². The Kier molecular flexibility index (Phi) is 5.42. The predicted octanol–water partition coefficient (Wildman–Crippen LogP) is 1.04. The van der Waals surface area contributed by atoms with Gasteiger partial charge in [-0.15, -0.1) is 0 Å². The molecule has 0 spiro atoms. The molecule has 3 rings (SSSR count). The maximum atomic E-state index is 13.9. The molecular weight excluding hydrogens is 327 g/mol. The van der Waals surface area contributed by atoms with Crippen molar-refractivity contribution in [3.05, 3.63) is 30.2 Å². The van der Waals surface area contributed by atoms with Crippen molar-refractivity contribution in [3.8, 4) is 0 Å². The molecule has 9 heteroatoms. The minimum atomic E-state index is -0.898. The van der Waals surface area contributed by atoms with Crippen molar-refractivity contribution in [2.45, 2.75) is 45.1 Å². The summed E-state index contributed by atoms with van der Waals surface area (Å²) in [6.07, 6.45) is 3.39. The second kappa shape index (κ2) is 7.73. The maximum absolute atomic E-state index is 13.9. The first-order valence-electron chi connectivity index (χ1n) is 8.40. The van der Waals surface area contributed by atoms with E-state index >= 15 is 0 Å². The number of carbonyl (C=O) groups excluding carboxylic acids is 1. The molecule has 0 unspecified atom stereocenters. The summed E-state index contributed by atoms with van der Waals surface area (Å²) in [5.74, 6) is 1.06. The zero-order valence-corrected chi connectivity index (χ0v) is 14.5. The van der Waals surface area contributed by atoms with E-state index in [1.807, 2.05) is 17.2 Å². The molecule has 0 radical (unpaired) electrons. The highest BCUT2D eigenvalue weighted by Gasteiger charge is 2.34. The highest BCUT2D eigenvalue weighted by molar-refractivity contribution is 5.75. The van der Waals surface area contributed by atoms with E-state index in [-0.39, 0.29) is 11.9 Å². The Bertz CT molecular complexity index is 689. The van der Waals surface area contributed by atoms with Crippen molar-refractivity contribution in [1.82, 2.24) is 29.7 Å². The van der Waals surface area contributed by atoms with E-state index in [1.165, 1.54) is 0 Å². The van der Waals surface area contributed by atoms with Crippen LogP contribution in [-0.2, 0) is 17.9 Å². The van der Waals surface area contributed by atoms with Crippen LogP contribution >= 0.6 is 0 Å². The van der Waals surface area contributed by atoms with Gasteiger partial charge in [-0.05, 0) is 12.5 Å². The number of halogens is 1. The fraction of sp³-hybridized carbons (Fsp3) is 0.625. The molecule has 2 aromatic heterocycles. The summed E-state index contributed by atoms with van der Waals surface area (Å²) in [4.78, 5) is 20.1. The average molecular weight is 350 g/mol. The second-order valence-electron chi connectivity index (χ2n) is 6.44. The lowest BCUT2D eigenvalue weighted by Gasteiger charge is -2.27. The monoisotopic (exact) mass is 350 g/mol. The first-order chi connectivity index (χ1) is 12.0. The van der Waals surface area contributed by atoms with E-state index < -0.39 is 6.17 Å². The molecule has 2 atom stereocenters. The van der Waals surface area contributed by atoms with Crippen molar-refractivity contribution >= 4 is 5.91 Å². The zero-order chi connectivity index (χ0) is 17.8. The highest BCUT2D eigenvalue weighted by atomic mass is 19.1. The zero-order valence-electron chi connectivity index (χ0n) is 14.5. The van der Waals surface area contributed by atoms with Crippen molar-refractivity contribution in [2.75, 3.05) is 20.1 Å². The fourth-order valence-electron chi connectivity index (χ4n) is 3.14. The molecule has 3 heterocycles. The van der Waals surface area contributed by atoms with Gasteiger partial charge in [0.05, 0.1) is 6.54 Å². The number of rotatable bonds is 7.